The Bertz CT molecular complexity index is 1350. The van der Waals surface area contributed by atoms with Crippen LogP contribution in [0.3, 0.4) is 0 Å². The molecule has 1 fully saturated rings. The van der Waals surface area contributed by atoms with Crippen LogP contribution >= 0.6 is 0 Å². The largest absolute Gasteiger partial charge is 0.460 e. The van der Waals surface area contributed by atoms with Crippen molar-refractivity contribution in [3.05, 3.63) is 72.6 Å². The monoisotopic (exact) mass is 467 g/mol. The van der Waals surface area contributed by atoms with Crippen molar-refractivity contribution in [2.45, 2.75) is 52.2 Å². The quantitative estimate of drug-likeness (QED) is 0.318. The van der Waals surface area contributed by atoms with Crippen LogP contribution in [0.4, 0.5) is 0 Å². The molecule has 2 aromatic heterocycles. The maximum Gasteiger partial charge on any atom is 0.306 e. The lowest BCUT2D eigenvalue weighted by atomic mass is 9.93. The SMILES string of the molecule is CC(C)(C)OC(=O)CC1CCN(Cc2ccc3cncc(-c4ccc5ccccc5n4)c3c2)CC1. The number of fused-ring (bicyclic) bond motifs is 2. The summed E-state index contributed by atoms with van der Waals surface area (Å²) in [6, 6.07) is 19.1. The topological polar surface area (TPSA) is 55.3 Å². The van der Waals surface area contributed by atoms with E-state index in [0.29, 0.717) is 12.3 Å². The van der Waals surface area contributed by atoms with E-state index in [1.165, 1.54) is 10.9 Å². The summed E-state index contributed by atoms with van der Waals surface area (Å²) in [5.41, 5.74) is 3.88. The molecular weight excluding hydrogens is 434 g/mol. The molecule has 1 aliphatic heterocycles. The van der Waals surface area contributed by atoms with Gasteiger partial charge in [0.05, 0.1) is 11.2 Å². The fraction of sp³-hybridized carbons (Fsp3) is 0.367. The van der Waals surface area contributed by atoms with Crippen LogP contribution in [0.15, 0.2) is 67.0 Å². The highest BCUT2D eigenvalue weighted by Gasteiger charge is 2.24. The van der Waals surface area contributed by atoms with Gasteiger partial charge in [0.25, 0.3) is 0 Å². The summed E-state index contributed by atoms with van der Waals surface area (Å²) in [4.78, 5) is 24.1. The predicted molar refractivity (Wildman–Crippen MR) is 141 cm³/mol. The van der Waals surface area contributed by atoms with E-state index < -0.39 is 5.60 Å². The molecule has 0 atom stereocenters. The van der Waals surface area contributed by atoms with E-state index in [1.807, 2.05) is 45.3 Å². The number of carbonyl (C=O) groups excluding carboxylic acids is 1. The minimum atomic E-state index is -0.412. The predicted octanol–water partition coefficient (Wildman–Crippen LogP) is 6.39. The van der Waals surface area contributed by atoms with E-state index in [-0.39, 0.29) is 5.97 Å². The summed E-state index contributed by atoms with van der Waals surface area (Å²) >= 11 is 0. The number of piperidine rings is 1. The number of hydrogen-bond acceptors (Lipinski definition) is 5. The molecule has 0 aliphatic carbocycles. The van der Waals surface area contributed by atoms with Gasteiger partial charge >= 0.3 is 5.97 Å². The zero-order chi connectivity index (χ0) is 24.4. The third-order valence-corrected chi connectivity index (χ3v) is 6.69. The third-order valence-electron chi connectivity index (χ3n) is 6.69. The Balaban J connectivity index is 1.29. The van der Waals surface area contributed by atoms with E-state index in [0.717, 1.165) is 60.0 Å². The molecule has 35 heavy (non-hydrogen) atoms. The molecule has 0 N–H and O–H groups in total. The number of pyridine rings is 2. The van der Waals surface area contributed by atoms with Crippen LogP contribution in [0.5, 0.6) is 0 Å². The number of benzene rings is 2. The molecule has 0 spiro atoms. The first-order valence-corrected chi connectivity index (χ1v) is 12.5. The second kappa shape index (κ2) is 9.74. The molecular formula is C30H33N3O2. The van der Waals surface area contributed by atoms with Gasteiger partial charge in [-0.2, -0.15) is 0 Å². The highest BCUT2D eigenvalue weighted by atomic mass is 16.6. The number of hydrogen-bond donors (Lipinski definition) is 0. The number of likely N-dealkylation sites (tertiary alicyclic amines) is 1. The average molecular weight is 468 g/mol. The highest BCUT2D eigenvalue weighted by molar-refractivity contribution is 5.96. The van der Waals surface area contributed by atoms with Crippen LogP contribution < -0.4 is 0 Å². The fourth-order valence-electron chi connectivity index (χ4n) is 4.96. The molecule has 0 bridgehead atoms. The van der Waals surface area contributed by atoms with Gasteiger partial charge in [-0.15, -0.1) is 0 Å². The lowest BCUT2D eigenvalue weighted by Crippen LogP contribution is -2.34. The number of para-hydroxylation sites is 1. The number of carbonyl (C=O) groups is 1. The van der Waals surface area contributed by atoms with Crippen LogP contribution in [0, 0.1) is 5.92 Å². The van der Waals surface area contributed by atoms with Crippen molar-refractivity contribution in [3.63, 3.8) is 0 Å². The first-order chi connectivity index (χ1) is 16.8. The second-order valence-corrected chi connectivity index (χ2v) is 10.6. The molecule has 5 heteroatoms. The maximum atomic E-state index is 12.2. The Hall–Kier alpha value is -3.31. The molecule has 1 aliphatic rings. The van der Waals surface area contributed by atoms with Gasteiger partial charge in [0.1, 0.15) is 5.60 Å². The lowest BCUT2D eigenvalue weighted by molar-refractivity contribution is -0.156. The van der Waals surface area contributed by atoms with Gasteiger partial charge in [0, 0.05) is 41.7 Å². The van der Waals surface area contributed by atoms with Crippen molar-refractivity contribution in [2.24, 2.45) is 5.92 Å². The summed E-state index contributed by atoms with van der Waals surface area (Å²) in [5, 5.41) is 3.44. The van der Waals surface area contributed by atoms with Crippen molar-refractivity contribution < 1.29 is 9.53 Å². The van der Waals surface area contributed by atoms with E-state index in [1.54, 1.807) is 0 Å². The van der Waals surface area contributed by atoms with Gasteiger partial charge in [-0.25, -0.2) is 4.98 Å². The van der Waals surface area contributed by atoms with Crippen molar-refractivity contribution in [3.8, 4) is 11.3 Å². The number of esters is 1. The van der Waals surface area contributed by atoms with Gasteiger partial charge in [0.2, 0.25) is 0 Å². The second-order valence-electron chi connectivity index (χ2n) is 10.6. The summed E-state index contributed by atoms with van der Waals surface area (Å²) < 4.78 is 5.51. The lowest BCUT2D eigenvalue weighted by Gasteiger charge is -2.32. The van der Waals surface area contributed by atoms with Crippen molar-refractivity contribution >= 4 is 27.6 Å². The molecule has 5 rings (SSSR count). The summed E-state index contributed by atoms with van der Waals surface area (Å²) in [6.45, 7) is 8.68. The normalized spacial score (nSPS) is 15.5. The van der Waals surface area contributed by atoms with E-state index in [2.05, 4.69) is 52.3 Å². The minimum Gasteiger partial charge on any atom is -0.460 e. The molecule has 3 heterocycles. The number of rotatable bonds is 5. The summed E-state index contributed by atoms with van der Waals surface area (Å²) in [5.74, 6) is 0.336. The van der Waals surface area contributed by atoms with Crippen LogP contribution in [0.2, 0.25) is 0 Å². The Morgan fingerprint density at radius 3 is 2.57 bits per heavy atom. The molecule has 2 aromatic carbocycles. The number of aromatic nitrogens is 2. The smallest absolute Gasteiger partial charge is 0.306 e. The molecule has 5 nitrogen and oxygen atoms in total. The molecule has 180 valence electrons. The standard InChI is InChI=1S/C30H33N3O2/c1-30(2,3)35-29(34)17-21-12-14-33(15-13-21)20-22-8-9-24-18-31-19-26(25(24)16-22)28-11-10-23-6-4-5-7-27(23)32-28/h4-11,16,18-19,21H,12-15,17,20H2,1-3H3. The van der Waals surface area contributed by atoms with Crippen LogP contribution in [0.25, 0.3) is 32.9 Å². The molecule has 4 aromatic rings. The summed E-state index contributed by atoms with van der Waals surface area (Å²) in [7, 11) is 0. The van der Waals surface area contributed by atoms with Gasteiger partial charge in [0.15, 0.2) is 0 Å². The van der Waals surface area contributed by atoms with Gasteiger partial charge in [-0.05, 0) is 81.8 Å². The van der Waals surface area contributed by atoms with Gasteiger partial charge < -0.3 is 4.74 Å². The Labute approximate surface area is 207 Å². The number of ether oxygens (including phenoxy) is 1. The van der Waals surface area contributed by atoms with E-state index in [4.69, 9.17) is 9.72 Å². The van der Waals surface area contributed by atoms with Crippen molar-refractivity contribution in [1.82, 2.24) is 14.9 Å². The minimum absolute atomic E-state index is 0.0751. The zero-order valence-corrected chi connectivity index (χ0v) is 20.8. The Morgan fingerprint density at radius 2 is 1.77 bits per heavy atom. The highest BCUT2D eigenvalue weighted by Crippen LogP contribution is 2.30. The van der Waals surface area contributed by atoms with E-state index >= 15 is 0 Å². The molecule has 0 amide bonds. The van der Waals surface area contributed by atoms with Gasteiger partial charge in [-0.1, -0.05) is 36.4 Å². The van der Waals surface area contributed by atoms with Crippen LogP contribution in [-0.2, 0) is 16.1 Å². The van der Waals surface area contributed by atoms with Crippen LogP contribution in [0.1, 0.15) is 45.6 Å². The fourth-order valence-corrected chi connectivity index (χ4v) is 4.96. The number of nitrogens with zero attached hydrogens (tertiary/aromatic N) is 3. The van der Waals surface area contributed by atoms with Gasteiger partial charge in [-0.3, -0.25) is 14.7 Å². The van der Waals surface area contributed by atoms with Crippen LogP contribution in [-0.4, -0.2) is 39.5 Å². The average Bonchev–Trinajstić information content (AvgIpc) is 2.83. The first kappa shape index (κ1) is 23.4. The third kappa shape index (κ3) is 5.68. The Kier molecular flexibility index (Phi) is 6.52. The maximum absolute atomic E-state index is 12.2. The molecule has 0 radical (unpaired) electrons. The van der Waals surface area contributed by atoms with E-state index in [9.17, 15) is 4.79 Å². The molecule has 1 saturated heterocycles. The van der Waals surface area contributed by atoms with Crippen molar-refractivity contribution in [1.29, 1.82) is 0 Å². The van der Waals surface area contributed by atoms with Crippen molar-refractivity contribution in [2.75, 3.05) is 13.1 Å². The molecule has 0 unspecified atom stereocenters. The Morgan fingerprint density at radius 1 is 1.00 bits per heavy atom. The first-order valence-electron chi connectivity index (χ1n) is 12.5. The molecule has 0 saturated carbocycles. The zero-order valence-electron chi connectivity index (χ0n) is 20.8. The summed E-state index contributed by atoms with van der Waals surface area (Å²) in [6.07, 6.45) is 6.43.